The molecule has 2 rings (SSSR count). The first-order valence-electron chi connectivity index (χ1n) is 6.18. The highest BCUT2D eigenvalue weighted by atomic mass is 16.5. The van der Waals surface area contributed by atoms with Crippen molar-refractivity contribution in [2.75, 3.05) is 13.7 Å². The number of benzene rings is 1. The van der Waals surface area contributed by atoms with Gasteiger partial charge in [-0.25, -0.2) is 0 Å². The first-order valence-corrected chi connectivity index (χ1v) is 6.18. The molecule has 0 aromatic heterocycles. The molecular weight excluding hydrogens is 214 g/mol. The zero-order valence-electron chi connectivity index (χ0n) is 10.8. The second-order valence-corrected chi connectivity index (χ2v) is 4.98. The van der Waals surface area contributed by atoms with Crippen LogP contribution < -0.4 is 0 Å². The maximum Gasteiger partial charge on any atom is 0.120 e. The minimum absolute atomic E-state index is 0.284. The van der Waals surface area contributed by atoms with Crippen molar-refractivity contribution in [3.8, 4) is 5.75 Å². The molecule has 0 radical (unpaired) electrons. The van der Waals surface area contributed by atoms with Crippen LogP contribution in [0.3, 0.4) is 0 Å². The van der Waals surface area contributed by atoms with E-state index in [9.17, 15) is 5.11 Å². The average molecular weight is 235 g/mol. The summed E-state index contributed by atoms with van der Waals surface area (Å²) < 4.78 is 5.57. The smallest absolute Gasteiger partial charge is 0.120 e. The maximum absolute atomic E-state index is 9.83. The molecule has 3 nitrogen and oxygen atoms in total. The Balaban J connectivity index is 2.07. The molecular formula is C14H21NO2. The summed E-state index contributed by atoms with van der Waals surface area (Å²) in [5, 5.41) is 9.83. The normalized spacial score (nSPS) is 24.5. The van der Waals surface area contributed by atoms with Gasteiger partial charge in [-0.15, -0.1) is 0 Å². The van der Waals surface area contributed by atoms with Gasteiger partial charge in [-0.3, -0.25) is 4.90 Å². The molecule has 0 spiro atoms. The fourth-order valence-electron chi connectivity index (χ4n) is 2.53. The van der Waals surface area contributed by atoms with Crippen LogP contribution in [0.4, 0.5) is 0 Å². The predicted molar refractivity (Wildman–Crippen MR) is 68.1 cm³/mol. The molecule has 94 valence electrons. The highest BCUT2D eigenvalue weighted by molar-refractivity contribution is 5.35. The van der Waals surface area contributed by atoms with Crippen LogP contribution in [0.15, 0.2) is 18.2 Å². The number of ether oxygens (including phenoxy) is 1. The molecule has 1 aromatic carbocycles. The number of aryl methyl sites for hydroxylation is 1. The molecule has 1 aromatic rings. The van der Waals surface area contributed by atoms with Crippen LogP contribution in [0, 0.1) is 6.92 Å². The number of phenolic OH excluding ortho intramolecular Hbond substituents is 1. The Morgan fingerprint density at radius 3 is 2.88 bits per heavy atom. The van der Waals surface area contributed by atoms with Gasteiger partial charge in [0.15, 0.2) is 0 Å². The summed E-state index contributed by atoms with van der Waals surface area (Å²) in [6.45, 7) is 5.77. The number of rotatable bonds is 3. The molecule has 0 saturated carbocycles. The third kappa shape index (κ3) is 2.79. The Labute approximate surface area is 103 Å². The van der Waals surface area contributed by atoms with E-state index < -0.39 is 0 Å². The van der Waals surface area contributed by atoms with Crippen LogP contribution >= 0.6 is 0 Å². The van der Waals surface area contributed by atoms with E-state index in [4.69, 9.17) is 4.74 Å². The van der Waals surface area contributed by atoms with Gasteiger partial charge in [0.25, 0.3) is 0 Å². The minimum Gasteiger partial charge on any atom is -0.508 e. The number of hydrogen-bond acceptors (Lipinski definition) is 3. The lowest BCUT2D eigenvalue weighted by Crippen LogP contribution is -2.36. The quantitative estimate of drug-likeness (QED) is 0.872. The Kier molecular flexibility index (Phi) is 3.69. The van der Waals surface area contributed by atoms with Crippen molar-refractivity contribution < 1.29 is 9.84 Å². The summed E-state index contributed by atoms with van der Waals surface area (Å²) >= 11 is 0. The molecule has 1 heterocycles. The van der Waals surface area contributed by atoms with Crippen LogP contribution in [0.25, 0.3) is 0 Å². The van der Waals surface area contributed by atoms with Gasteiger partial charge >= 0.3 is 0 Å². The van der Waals surface area contributed by atoms with E-state index in [-0.39, 0.29) is 6.10 Å². The van der Waals surface area contributed by atoms with E-state index >= 15 is 0 Å². The second kappa shape index (κ2) is 5.07. The summed E-state index contributed by atoms with van der Waals surface area (Å²) in [6.07, 6.45) is 1.36. The summed E-state index contributed by atoms with van der Waals surface area (Å²) in [5.74, 6) is 0.383. The van der Waals surface area contributed by atoms with Crippen molar-refractivity contribution in [3.63, 3.8) is 0 Å². The Morgan fingerprint density at radius 2 is 2.24 bits per heavy atom. The van der Waals surface area contributed by atoms with Gasteiger partial charge in [0, 0.05) is 24.8 Å². The van der Waals surface area contributed by atoms with Crippen molar-refractivity contribution in [2.24, 2.45) is 0 Å². The summed E-state index contributed by atoms with van der Waals surface area (Å²) in [4.78, 5) is 2.27. The highest BCUT2D eigenvalue weighted by Crippen LogP contribution is 2.24. The maximum atomic E-state index is 9.83. The van der Waals surface area contributed by atoms with Crippen LogP contribution in [-0.4, -0.2) is 35.8 Å². The largest absolute Gasteiger partial charge is 0.508 e. The molecule has 17 heavy (non-hydrogen) atoms. The summed E-state index contributed by atoms with van der Waals surface area (Å²) in [5.41, 5.74) is 2.17. The van der Waals surface area contributed by atoms with Crippen molar-refractivity contribution in [1.82, 2.24) is 4.90 Å². The monoisotopic (exact) mass is 235 g/mol. The third-order valence-electron chi connectivity index (χ3n) is 3.56. The van der Waals surface area contributed by atoms with Crippen LogP contribution in [0.2, 0.25) is 0 Å². The lowest BCUT2D eigenvalue weighted by Gasteiger charge is -2.26. The van der Waals surface area contributed by atoms with Gasteiger partial charge in [-0.1, -0.05) is 17.7 Å². The van der Waals surface area contributed by atoms with Crippen molar-refractivity contribution in [2.45, 2.75) is 39.0 Å². The molecule has 1 aliphatic heterocycles. The molecule has 1 fully saturated rings. The third-order valence-corrected chi connectivity index (χ3v) is 3.56. The molecule has 0 aliphatic carbocycles. The lowest BCUT2D eigenvalue weighted by molar-refractivity contribution is 0.0812. The average Bonchev–Trinajstić information content (AvgIpc) is 2.70. The van der Waals surface area contributed by atoms with Gasteiger partial charge in [-0.05, 0) is 33.4 Å². The van der Waals surface area contributed by atoms with E-state index in [1.54, 1.807) is 6.07 Å². The Bertz CT molecular complexity index is 392. The second-order valence-electron chi connectivity index (χ2n) is 4.98. The fraction of sp³-hybridized carbons (Fsp3) is 0.571. The zero-order chi connectivity index (χ0) is 12.4. The molecule has 2 unspecified atom stereocenters. The first-order chi connectivity index (χ1) is 8.08. The topological polar surface area (TPSA) is 32.7 Å². The van der Waals surface area contributed by atoms with Crippen molar-refractivity contribution in [3.05, 3.63) is 29.3 Å². The summed E-state index contributed by atoms with van der Waals surface area (Å²) in [7, 11) is 2.09. The number of hydrogen-bond donors (Lipinski definition) is 1. The number of phenols is 1. The van der Waals surface area contributed by atoms with E-state index in [0.29, 0.717) is 11.8 Å². The van der Waals surface area contributed by atoms with Crippen LogP contribution in [0.5, 0.6) is 5.75 Å². The fourth-order valence-corrected chi connectivity index (χ4v) is 2.53. The van der Waals surface area contributed by atoms with E-state index in [2.05, 4.69) is 18.9 Å². The standard InChI is InChI=1S/C14H21NO2/c1-10-4-5-14(16)12(8-10)9-15(3)13-6-7-17-11(13)2/h4-5,8,11,13,16H,6-7,9H2,1-3H3. The Hall–Kier alpha value is -1.06. The van der Waals surface area contributed by atoms with Gasteiger partial charge in [0.1, 0.15) is 5.75 Å². The summed E-state index contributed by atoms with van der Waals surface area (Å²) in [6, 6.07) is 6.20. The van der Waals surface area contributed by atoms with E-state index in [0.717, 1.165) is 25.1 Å². The number of aromatic hydroxyl groups is 1. The molecule has 1 aliphatic rings. The van der Waals surface area contributed by atoms with Gasteiger partial charge in [0.05, 0.1) is 6.10 Å². The minimum atomic E-state index is 0.284. The van der Waals surface area contributed by atoms with E-state index in [1.165, 1.54) is 5.56 Å². The molecule has 1 saturated heterocycles. The van der Waals surface area contributed by atoms with Crippen molar-refractivity contribution >= 4 is 0 Å². The lowest BCUT2D eigenvalue weighted by atomic mass is 10.1. The molecule has 3 heteroatoms. The molecule has 1 N–H and O–H groups in total. The Morgan fingerprint density at radius 1 is 1.47 bits per heavy atom. The molecule has 0 amide bonds. The zero-order valence-corrected chi connectivity index (χ0v) is 10.8. The highest BCUT2D eigenvalue weighted by Gasteiger charge is 2.27. The molecule has 0 bridgehead atoms. The van der Waals surface area contributed by atoms with Crippen molar-refractivity contribution in [1.29, 1.82) is 0 Å². The van der Waals surface area contributed by atoms with Gasteiger partial charge < -0.3 is 9.84 Å². The predicted octanol–water partition coefficient (Wildman–Crippen LogP) is 2.31. The van der Waals surface area contributed by atoms with Gasteiger partial charge in [0.2, 0.25) is 0 Å². The molecule has 2 atom stereocenters. The van der Waals surface area contributed by atoms with Crippen LogP contribution in [-0.2, 0) is 11.3 Å². The number of nitrogens with zero attached hydrogens (tertiary/aromatic N) is 1. The SMILES string of the molecule is Cc1ccc(O)c(CN(C)C2CCOC2C)c1. The van der Waals surface area contributed by atoms with Gasteiger partial charge in [-0.2, -0.15) is 0 Å². The first kappa shape index (κ1) is 12.4. The van der Waals surface area contributed by atoms with E-state index in [1.807, 2.05) is 19.1 Å². The van der Waals surface area contributed by atoms with Crippen LogP contribution in [0.1, 0.15) is 24.5 Å². The number of likely N-dealkylation sites (N-methyl/N-ethyl adjacent to an activating group) is 1.